The summed E-state index contributed by atoms with van der Waals surface area (Å²) >= 11 is 0. The summed E-state index contributed by atoms with van der Waals surface area (Å²) in [5, 5.41) is 2.91. The van der Waals surface area contributed by atoms with E-state index in [4.69, 9.17) is 5.73 Å². The SMILES string of the molecule is CC(c1ccc(N)cc1)N1CCN2C(=O)NCC2C1. The number of amides is 2. The Kier molecular flexibility index (Phi) is 3.06. The highest BCUT2D eigenvalue weighted by molar-refractivity contribution is 5.77. The molecule has 2 heterocycles. The third-order valence-corrected chi connectivity index (χ3v) is 4.23. The number of piperazine rings is 1. The van der Waals surface area contributed by atoms with Gasteiger partial charge in [0.15, 0.2) is 0 Å². The number of carbonyl (C=O) groups is 1. The van der Waals surface area contributed by atoms with Crippen molar-refractivity contribution in [3.63, 3.8) is 0 Å². The number of urea groups is 1. The molecule has 2 saturated heterocycles. The molecule has 1 aromatic carbocycles. The number of hydrogen-bond acceptors (Lipinski definition) is 3. The van der Waals surface area contributed by atoms with Gasteiger partial charge in [-0.1, -0.05) is 12.1 Å². The summed E-state index contributed by atoms with van der Waals surface area (Å²) in [6.07, 6.45) is 0. The zero-order valence-electron chi connectivity index (χ0n) is 11.2. The van der Waals surface area contributed by atoms with E-state index < -0.39 is 0 Å². The molecule has 3 rings (SSSR count). The van der Waals surface area contributed by atoms with Gasteiger partial charge in [0.2, 0.25) is 0 Å². The molecule has 0 aromatic heterocycles. The maximum atomic E-state index is 11.6. The molecule has 2 fully saturated rings. The Morgan fingerprint density at radius 1 is 1.32 bits per heavy atom. The highest BCUT2D eigenvalue weighted by Gasteiger charge is 2.36. The van der Waals surface area contributed by atoms with E-state index in [9.17, 15) is 4.79 Å². The summed E-state index contributed by atoms with van der Waals surface area (Å²) in [7, 11) is 0. The van der Waals surface area contributed by atoms with Crippen LogP contribution in [-0.2, 0) is 0 Å². The zero-order valence-corrected chi connectivity index (χ0v) is 11.2. The standard InChI is InChI=1S/C14H20N4O/c1-10(11-2-4-12(15)5-3-11)17-6-7-18-13(9-17)8-16-14(18)19/h2-5,10,13H,6-9,15H2,1H3,(H,16,19). The van der Waals surface area contributed by atoms with E-state index in [1.54, 1.807) is 0 Å². The van der Waals surface area contributed by atoms with Crippen molar-refractivity contribution in [1.82, 2.24) is 15.1 Å². The van der Waals surface area contributed by atoms with Crippen LogP contribution < -0.4 is 11.1 Å². The lowest BCUT2D eigenvalue weighted by Gasteiger charge is -2.39. The van der Waals surface area contributed by atoms with E-state index in [0.717, 1.165) is 31.9 Å². The van der Waals surface area contributed by atoms with Crippen molar-refractivity contribution >= 4 is 11.7 Å². The van der Waals surface area contributed by atoms with Gasteiger partial charge in [-0.15, -0.1) is 0 Å². The van der Waals surface area contributed by atoms with E-state index in [1.807, 2.05) is 17.0 Å². The van der Waals surface area contributed by atoms with Crippen LogP contribution in [0, 0.1) is 0 Å². The first kappa shape index (κ1) is 12.3. The topological polar surface area (TPSA) is 61.6 Å². The van der Waals surface area contributed by atoms with Crippen molar-refractivity contribution in [2.24, 2.45) is 0 Å². The molecule has 0 saturated carbocycles. The number of rotatable bonds is 2. The summed E-state index contributed by atoms with van der Waals surface area (Å²) < 4.78 is 0. The van der Waals surface area contributed by atoms with Gasteiger partial charge in [0.05, 0.1) is 6.04 Å². The smallest absolute Gasteiger partial charge is 0.317 e. The van der Waals surface area contributed by atoms with Crippen molar-refractivity contribution < 1.29 is 4.79 Å². The molecule has 0 aliphatic carbocycles. The van der Waals surface area contributed by atoms with Gasteiger partial charge < -0.3 is 16.0 Å². The van der Waals surface area contributed by atoms with Gasteiger partial charge in [0.25, 0.3) is 0 Å². The second kappa shape index (κ2) is 4.74. The van der Waals surface area contributed by atoms with Gasteiger partial charge in [-0.3, -0.25) is 4.90 Å². The highest BCUT2D eigenvalue weighted by Crippen LogP contribution is 2.25. The molecule has 0 spiro atoms. The maximum absolute atomic E-state index is 11.6. The van der Waals surface area contributed by atoms with Crippen molar-refractivity contribution in [3.8, 4) is 0 Å². The number of anilines is 1. The summed E-state index contributed by atoms with van der Waals surface area (Å²) in [4.78, 5) is 16.0. The summed E-state index contributed by atoms with van der Waals surface area (Å²) in [5.41, 5.74) is 7.80. The van der Waals surface area contributed by atoms with E-state index in [2.05, 4.69) is 29.3 Å². The Bertz CT molecular complexity index is 473. The molecule has 1 aromatic rings. The van der Waals surface area contributed by atoms with E-state index in [1.165, 1.54) is 5.56 Å². The van der Waals surface area contributed by atoms with Gasteiger partial charge in [-0.25, -0.2) is 4.79 Å². The Labute approximate surface area is 113 Å². The molecule has 19 heavy (non-hydrogen) atoms. The second-order valence-electron chi connectivity index (χ2n) is 5.37. The first-order valence-corrected chi connectivity index (χ1v) is 6.79. The highest BCUT2D eigenvalue weighted by atomic mass is 16.2. The van der Waals surface area contributed by atoms with Crippen molar-refractivity contribution in [3.05, 3.63) is 29.8 Å². The molecule has 5 heteroatoms. The molecule has 3 N–H and O–H groups in total. The van der Waals surface area contributed by atoms with Crippen LogP contribution in [0.5, 0.6) is 0 Å². The minimum atomic E-state index is 0.0878. The first-order valence-electron chi connectivity index (χ1n) is 6.79. The number of carbonyl (C=O) groups excluding carboxylic acids is 1. The second-order valence-corrected chi connectivity index (χ2v) is 5.37. The van der Waals surface area contributed by atoms with Crippen molar-refractivity contribution in [2.75, 3.05) is 31.9 Å². The summed E-state index contributed by atoms with van der Waals surface area (Å²) in [5.74, 6) is 0. The lowest BCUT2D eigenvalue weighted by molar-refractivity contribution is 0.0939. The van der Waals surface area contributed by atoms with E-state index in [-0.39, 0.29) is 6.03 Å². The monoisotopic (exact) mass is 260 g/mol. The number of hydrogen-bond donors (Lipinski definition) is 2. The summed E-state index contributed by atoms with van der Waals surface area (Å²) in [6.45, 7) is 5.66. The zero-order chi connectivity index (χ0) is 13.4. The average Bonchev–Trinajstić information content (AvgIpc) is 2.80. The van der Waals surface area contributed by atoms with Crippen LogP contribution in [0.4, 0.5) is 10.5 Å². The number of fused-ring (bicyclic) bond motifs is 1. The van der Waals surface area contributed by atoms with Crippen LogP contribution >= 0.6 is 0 Å². The molecule has 0 bridgehead atoms. The third-order valence-electron chi connectivity index (χ3n) is 4.23. The van der Waals surface area contributed by atoms with Crippen molar-refractivity contribution in [1.29, 1.82) is 0 Å². The fourth-order valence-electron chi connectivity index (χ4n) is 2.97. The number of benzene rings is 1. The molecular weight excluding hydrogens is 240 g/mol. The molecule has 5 nitrogen and oxygen atoms in total. The molecule has 2 amide bonds. The molecule has 0 radical (unpaired) electrons. The van der Waals surface area contributed by atoms with Gasteiger partial charge in [0.1, 0.15) is 0 Å². The number of nitrogens with two attached hydrogens (primary N) is 1. The van der Waals surface area contributed by atoms with Crippen LogP contribution in [0.15, 0.2) is 24.3 Å². The van der Waals surface area contributed by atoms with Crippen LogP contribution in [0.1, 0.15) is 18.5 Å². The van der Waals surface area contributed by atoms with Crippen molar-refractivity contribution in [2.45, 2.75) is 19.0 Å². The van der Waals surface area contributed by atoms with Gasteiger partial charge in [-0.2, -0.15) is 0 Å². The quantitative estimate of drug-likeness (QED) is 0.781. The first-order chi connectivity index (χ1) is 9.15. The number of nitrogen functional groups attached to an aromatic ring is 1. The van der Waals surface area contributed by atoms with Gasteiger partial charge in [0, 0.05) is 37.9 Å². The van der Waals surface area contributed by atoms with E-state index in [0.29, 0.717) is 12.1 Å². The lowest BCUT2D eigenvalue weighted by Crippen LogP contribution is -2.52. The molecule has 2 atom stereocenters. The Hall–Kier alpha value is -1.75. The predicted molar refractivity (Wildman–Crippen MR) is 74.7 cm³/mol. The predicted octanol–water partition coefficient (Wildman–Crippen LogP) is 1.04. The van der Waals surface area contributed by atoms with Crippen LogP contribution in [0.25, 0.3) is 0 Å². The lowest BCUT2D eigenvalue weighted by atomic mass is 10.0. The molecule has 2 aliphatic heterocycles. The van der Waals surface area contributed by atoms with Gasteiger partial charge >= 0.3 is 6.03 Å². The third kappa shape index (κ3) is 2.26. The average molecular weight is 260 g/mol. The van der Waals surface area contributed by atoms with Crippen LogP contribution in [0.2, 0.25) is 0 Å². The Morgan fingerprint density at radius 3 is 2.79 bits per heavy atom. The molecule has 2 aliphatic rings. The Morgan fingerprint density at radius 2 is 2.05 bits per heavy atom. The summed E-state index contributed by atoms with van der Waals surface area (Å²) in [6, 6.07) is 8.83. The fraction of sp³-hybridized carbons (Fsp3) is 0.500. The molecule has 102 valence electrons. The minimum Gasteiger partial charge on any atom is -0.399 e. The minimum absolute atomic E-state index is 0.0878. The maximum Gasteiger partial charge on any atom is 0.317 e. The Balaban J connectivity index is 1.70. The fourth-order valence-corrected chi connectivity index (χ4v) is 2.97. The van der Waals surface area contributed by atoms with Crippen LogP contribution in [-0.4, -0.2) is 48.1 Å². The normalized spacial score (nSPS) is 25.0. The van der Waals surface area contributed by atoms with Crippen LogP contribution in [0.3, 0.4) is 0 Å². The van der Waals surface area contributed by atoms with E-state index >= 15 is 0 Å². The number of nitrogens with one attached hydrogen (secondary N) is 1. The number of nitrogens with zero attached hydrogens (tertiary/aromatic N) is 2. The largest absolute Gasteiger partial charge is 0.399 e. The van der Waals surface area contributed by atoms with Gasteiger partial charge in [-0.05, 0) is 24.6 Å². The molecule has 2 unspecified atom stereocenters. The molecular formula is C14H20N4O.